The smallest absolute Gasteiger partial charge is 0.190 e. The predicted molar refractivity (Wildman–Crippen MR) is 131 cm³/mol. The maximum atomic E-state index is 6.06. The van der Waals surface area contributed by atoms with E-state index in [1.54, 1.807) is 11.3 Å². The van der Waals surface area contributed by atoms with Gasteiger partial charge in [-0.3, -0.25) is 0 Å². The maximum absolute atomic E-state index is 6.06. The molecule has 0 bridgehead atoms. The Morgan fingerprint density at radius 3 is 2.56 bits per heavy atom. The van der Waals surface area contributed by atoms with E-state index in [9.17, 15) is 0 Å². The molecule has 0 saturated carbocycles. The van der Waals surface area contributed by atoms with Gasteiger partial charge in [0, 0.05) is 35.5 Å². The van der Waals surface area contributed by atoms with Crippen LogP contribution >= 0.6 is 22.9 Å². The summed E-state index contributed by atoms with van der Waals surface area (Å²) in [7, 11) is 0. The Hall–Kier alpha value is -2.96. The van der Waals surface area contributed by atoms with Gasteiger partial charge in [-0.2, -0.15) is 0 Å². The molecule has 0 amide bonds. The number of thiazole rings is 1. The summed E-state index contributed by atoms with van der Waals surface area (Å²) in [6.45, 7) is 5.60. The molecule has 5 nitrogen and oxygen atoms in total. The SMILES string of the molecule is C=CCn1c(-c2ccc(Cl)cc2)csc1=Nc1ccc(-c2nnc3n2CCCCC3)cc1. The second-order valence-electron chi connectivity index (χ2n) is 7.87. The first kappa shape index (κ1) is 20.9. The highest BCUT2D eigenvalue weighted by molar-refractivity contribution is 7.07. The van der Waals surface area contributed by atoms with Crippen LogP contribution < -0.4 is 4.80 Å². The molecule has 162 valence electrons. The number of allylic oxidation sites excluding steroid dienone is 1. The second kappa shape index (κ2) is 9.27. The van der Waals surface area contributed by atoms with Crippen molar-refractivity contribution in [3.05, 3.63) is 82.2 Å². The van der Waals surface area contributed by atoms with Crippen molar-refractivity contribution in [3.8, 4) is 22.6 Å². The molecule has 2 aromatic heterocycles. The van der Waals surface area contributed by atoms with Crippen molar-refractivity contribution in [2.45, 2.75) is 38.8 Å². The molecule has 1 aliphatic rings. The third kappa shape index (κ3) is 4.20. The predicted octanol–water partition coefficient (Wildman–Crippen LogP) is 6.27. The third-order valence-electron chi connectivity index (χ3n) is 5.71. The van der Waals surface area contributed by atoms with Crippen molar-refractivity contribution in [1.82, 2.24) is 19.3 Å². The average molecular weight is 462 g/mol. The monoisotopic (exact) mass is 461 g/mol. The molecule has 0 spiro atoms. The molecule has 0 saturated heterocycles. The van der Waals surface area contributed by atoms with Crippen LogP contribution in [0.5, 0.6) is 0 Å². The van der Waals surface area contributed by atoms with Gasteiger partial charge in [0.25, 0.3) is 0 Å². The zero-order valence-electron chi connectivity index (χ0n) is 17.7. The van der Waals surface area contributed by atoms with Gasteiger partial charge >= 0.3 is 0 Å². The van der Waals surface area contributed by atoms with Crippen LogP contribution in [0.2, 0.25) is 5.02 Å². The van der Waals surface area contributed by atoms with Gasteiger partial charge in [0.05, 0.1) is 11.4 Å². The first-order chi connectivity index (χ1) is 15.7. The Bertz CT molecular complexity index is 1300. The lowest BCUT2D eigenvalue weighted by molar-refractivity contribution is 0.636. The molecule has 7 heteroatoms. The minimum atomic E-state index is 0.685. The number of aryl methyl sites for hydroxylation is 1. The first-order valence-corrected chi connectivity index (χ1v) is 12.1. The van der Waals surface area contributed by atoms with E-state index in [-0.39, 0.29) is 0 Å². The van der Waals surface area contributed by atoms with Crippen molar-refractivity contribution in [1.29, 1.82) is 0 Å². The molecule has 2 aromatic carbocycles. The zero-order valence-corrected chi connectivity index (χ0v) is 19.3. The molecule has 0 aliphatic carbocycles. The van der Waals surface area contributed by atoms with Crippen LogP contribution in [0.15, 0.2) is 71.6 Å². The minimum absolute atomic E-state index is 0.685. The van der Waals surface area contributed by atoms with Crippen molar-refractivity contribution in [2.24, 2.45) is 4.99 Å². The average Bonchev–Trinajstić information content (AvgIpc) is 3.31. The molecule has 0 radical (unpaired) electrons. The molecule has 1 aliphatic heterocycles. The number of fused-ring (bicyclic) bond motifs is 1. The molecule has 0 unspecified atom stereocenters. The number of nitrogens with zero attached hydrogens (tertiary/aromatic N) is 5. The van der Waals surface area contributed by atoms with Gasteiger partial charge in [-0.05, 0) is 54.8 Å². The summed E-state index contributed by atoms with van der Waals surface area (Å²) < 4.78 is 4.45. The molecular weight excluding hydrogens is 438 g/mol. The van der Waals surface area contributed by atoms with E-state index >= 15 is 0 Å². The summed E-state index contributed by atoms with van der Waals surface area (Å²) >= 11 is 7.68. The Morgan fingerprint density at radius 2 is 1.78 bits per heavy atom. The van der Waals surface area contributed by atoms with Crippen molar-refractivity contribution in [3.63, 3.8) is 0 Å². The zero-order chi connectivity index (χ0) is 21.9. The van der Waals surface area contributed by atoms with Gasteiger partial charge in [0.1, 0.15) is 5.82 Å². The molecule has 0 atom stereocenters. The largest absolute Gasteiger partial charge is 0.313 e. The number of hydrogen-bond acceptors (Lipinski definition) is 4. The Morgan fingerprint density at radius 1 is 1.00 bits per heavy atom. The minimum Gasteiger partial charge on any atom is -0.313 e. The number of benzene rings is 2. The first-order valence-electron chi connectivity index (χ1n) is 10.9. The van der Waals surface area contributed by atoms with Crippen LogP contribution in [0.25, 0.3) is 22.6 Å². The van der Waals surface area contributed by atoms with Crippen LogP contribution in [0.3, 0.4) is 0 Å². The van der Waals surface area contributed by atoms with Crippen molar-refractivity contribution >= 4 is 28.6 Å². The number of rotatable bonds is 5. The van der Waals surface area contributed by atoms with E-state index < -0.39 is 0 Å². The van der Waals surface area contributed by atoms with E-state index in [4.69, 9.17) is 16.6 Å². The number of aromatic nitrogens is 4. The summed E-state index contributed by atoms with van der Waals surface area (Å²) in [6.07, 6.45) is 6.54. The van der Waals surface area contributed by atoms with Crippen LogP contribution in [0, 0.1) is 0 Å². The summed E-state index contributed by atoms with van der Waals surface area (Å²) in [4.78, 5) is 5.84. The van der Waals surface area contributed by atoms with Crippen molar-refractivity contribution < 1.29 is 0 Å². The lowest BCUT2D eigenvalue weighted by Gasteiger charge is -2.08. The fourth-order valence-electron chi connectivity index (χ4n) is 4.07. The highest BCUT2D eigenvalue weighted by Crippen LogP contribution is 2.26. The van der Waals surface area contributed by atoms with Gasteiger partial charge in [0.2, 0.25) is 0 Å². The summed E-state index contributed by atoms with van der Waals surface area (Å²) in [5.41, 5.74) is 4.20. The van der Waals surface area contributed by atoms with Crippen molar-refractivity contribution in [2.75, 3.05) is 0 Å². The second-order valence-corrected chi connectivity index (χ2v) is 9.14. The standard InChI is InChI=1S/C25H24ClN5S/c1-2-15-30-22(18-7-11-20(26)12-8-18)17-32-25(30)27-21-13-9-19(10-14-21)24-29-28-23-6-4-3-5-16-31(23)24/h2,7-14,17H,1,3-6,15-16H2. The molecule has 3 heterocycles. The van der Waals surface area contributed by atoms with E-state index in [0.29, 0.717) is 6.54 Å². The lowest BCUT2D eigenvalue weighted by atomic mass is 10.2. The van der Waals surface area contributed by atoms with Gasteiger partial charge < -0.3 is 9.13 Å². The van der Waals surface area contributed by atoms with Crippen LogP contribution in [0.1, 0.15) is 25.1 Å². The van der Waals surface area contributed by atoms with Gasteiger partial charge in [-0.15, -0.1) is 28.1 Å². The fraction of sp³-hybridized carbons (Fsp3) is 0.240. The Balaban J connectivity index is 1.48. The highest BCUT2D eigenvalue weighted by Gasteiger charge is 2.16. The van der Waals surface area contributed by atoms with E-state index in [1.807, 2.05) is 42.5 Å². The molecule has 4 aromatic rings. The molecule has 32 heavy (non-hydrogen) atoms. The highest BCUT2D eigenvalue weighted by atomic mass is 35.5. The normalized spacial score (nSPS) is 14.2. The third-order valence-corrected chi connectivity index (χ3v) is 6.82. The van der Waals surface area contributed by atoms with Gasteiger partial charge in [0.15, 0.2) is 10.6 Å². The Labute approximate surface area is 196 Å². The summed E-state index contributed by atoms with van der Waals surface area (Å²) in [5, 5.41) is 11.7. The quantitative estimate of drug-likeness (QED) is 0.328. The fourth-order valence-corrected chi connectivity index (χ4v) is 5.13. The van der Waals surface area contributed by atoms with E-state index in [0.717, 1.165) is 56.9 Å². The van der Waals surface area contributed by atoms with Crippen LogP contribution in [-0.2, 0) is 19.5 Å². The number of hydrogen-bond donors (Lipinski definition) is 0. The maximum Gasteiger partial charge on any atom is 0.190 e. The molecule has 0 fully saturated rings. The van der Waals surface area contributed by atoms with Crippen LogP contribution in [-0.4, -0.2) is 19.3 Å². The molecular formula is C25H24ClN5S. The van der Waals surface area contributed by atoms with Gasteiger partial charge in [-0.1, -0.05) is 36.2 Å². The summed E-state index contributed by atoms with van der Waals surface area (Å²) in [5.74, 6) is 2.06. The van der Waals surface area contributed by atoms with Crippen LogP contribution in [0.4, 0.5) is 5.69 Å². The van der Waals surface area contributed by atoms with Gasteiger partial charge in [-0.25, -0.2) is 4.99 Å². The molecule has 5 rings (SSSR count). The van der Waals surface area contributed by atoms with E-state index in [2.05, 4.69) is 43.4 Å². The molecule has 0 N–H and O–H groups in total. The topological polar surface area (TPSA) is 48.0 Å². The van der Waals surface area contributed by atoms with E-state index in [1.165, 1.54) is 19.3 Å². The number of halogens is 1. The Kier molecular flexibility index (Phi) is 6.06. The lowest BCUT2D eigenvalue weighted by Crippen LogP contribution is -2.14. The summed E-state index contributed by atoms with van der Waals surface area (Å²) in [6, 6.07) is 16.2.